The van der Waals surface area contributed by atoms with Gasteiger partial charge in [-0.1, -0.05) is 28.1 Å². The number of para-hydroxylation sites is 2. The molecule has 2 atom stereocenters. The van der Waals surface area contributed by atoms with Gasteiger partial charge in [-0.05, 0) is 62.1 Å². The van der Waals surface area contributed by atoms with Gasteiger partial charge in [0.15, 0.2) is 11.5 Å². The topological polar surface area (TPSA) is 66.7 Å². The number of halogens is 1. The van der Waals surface area contributed by atoms with Crippen LogP contribution < -0.4 is 0 Å². The molecule has 1 aromatic heterocycles. The van der Waals surface area contributed by atoms with E-state index in [0.29, 0.717) is 37.5 Å². The maximum absolute atomic E-state index is 13.4. The lowest BCUT2D eigenvalue weighted by Crippen LogP contribution is -2.50. The molecule has 2 amide bonds. The fourth-order valence-corrected chi connectivity index (χ4v) is 4.94. The second-order valence-electron chi connectivity index (χ2n) is 8.31. The lowest BCUT2D eigenvalue weighted by molar-refractivity contribution is -0.136. The summed E-state index contributed by atoms with van der Waals surface area (Å²) in [5.41, 5.74) is 2.25. The number of fused-ring (bicyclic) bond motifs is 1. The first kappa shape index (κ1) is 20.2. The molecule has 2 unspecified atom stereocenters. The Hall–Kier alpha value is -2.67. The summed E-state index contributed by atoms with van der Waals surface area (Å²) in [6.07, 6.45) is 3.41. The minimum Gasteiger partial charge on any atom is -0.440 e. The van der Waals surface area contributed by atoms with Gasteiger partial charge in [-0.15, -0.1) is 0 Å². The Morgan fingerprint density at radius 3 is 2.58 bits per heavy atom. The van der Waals surface area contributed by atoms with Gasteiger partial charge in [-0.3, -0.25) is 9.59 Å². The summed E-state index contributed by atoms with van der Waals surface area (Å²) in [5.74, 6) is 0.759. The number of carbonyl (C=O) groups excluding carboxylic acids is 2. The van der Waals surface area contributed by atoms with Crippen LogP contribution in [0, 0.1) is 0 Å². The van der Waals surface area contributed by atoms with Crippen LogP contribution in [0.25, 0.3) is 11.1 Å². The first-order valence-corrected chi connectivity index (χ1v) is 11.6. The minimum atomic E-state index is -0.390. The molecule has 0 bridgehead atoms. The maximum atomic E-state index is 13.4. The standard InChI is InChI=1S/C24H24BrN3O3/c25-18-11-9-16(10-12-18)23(29)28-14-4-7-20(28)24(30)27-13-3-5-17(15-27)22-26-19-6-1-2-8-21(19)31-22/h1-2,6,8-12,17,20H,3-5,7,13-15H2. The molecule has 0 spiro atoms. The molecule has 3 aromatic rings. The van der Waals surface area contributed by atoms with Crippen molar-refractivity contribution < 1.29 is 14.0 Å². The summed E-state index contributed by atoms with van der Waals surface area (Å²) in [7, 11) is 0. The van der Waals surface area contributed by atoms with Crippen molar-refractivity contribution in [3.63, 3.8) is 0 Å². The van der Waals surface area contributed by atoms with Crippen molar-refractivity contribution in [2.24, 2.45) is 0 Å². The van der Waals surface area contributed by atoms with Crippen LogP contribution in [0.2, 0.25) is 0 Å². The number of amides is 2. The number of piperidine rings is 1. The van der Waals surface area contributed by atoms with E-state index in [0.717, 1.165) is 34.8 Å². The highest BCUT2D eigenvalue weighted by Crippen LogP contribution is 2.31. The Morgan fingerprint density at radius 2 is 1.77 bits per heavy atom. The van der Waals surface area contributed by atoms with Gasteiger partial charge in [0.1, 0.15) is 11.6 Å². The van der Waals surface area contributed by atoms with Crippen LogP contribution in [0.4, 0.5) is 0 Å². The fraction of sp³-hybridized carbons (Fsp3) is 0.375. The highest BCUT2D eigenvalue weighted by Gasteiger charge is 2.39. The van der Waals surface area contributed by atoms with Crippen molar-refractivity contribution in [1.29, 1.82) is 0 Å². The van der Waals surface area contributed by atoms with Gasteiger partial charge in [0.05, 0.1) is 5.92 Å². The molecule has 2 saturated heterocycles. The van der Waals surface area contributed by atoms with Crippen molar-refractivity contribution >= 4 is 38.8 Å². The van der Waals surface area contributed by atoms with Crippen LogP contribution in [0.5, 0.6) is 0 Å². The van der Waals surface area contributed by atoms with Crippen LogP contribution in [0.3, 0.4) is 0 Å². The molecule has 2 fully saturated rings. The summed E-state index contributed by atoms with van der Waals surface area (Å²) in [4.78, 5) is 34.8. The molecule has 2 aliphatic rings. The lowest BCUT2D eigenvalue weighted by atomic mass is 9.97. The van der Waals surface area contributed by atoms with Crippen LogP contribution in [-0.4, -0.2) is 52.3 Å². The molecule has 2 aromatic carbocycles. The molecule has 0 radical (unpaired) electrons. The van der Waals surface area contributed by atoms with Crippen LogP contribution in [0.15, 0.2) is 57.4 Å². The SMILES string of the molecule is O=C(C1CCCN1C(=O)c1ccc(Br)cc1)N1CCCC(c2nc3ccccc3o2)C1. The van der Waals surface area contributed by atoms with Crippen LogP contribution in [0.1, 0.15) is 47.8 Å². The smallest absolute Gasteiger partial charge is 0.254 e. The van der Waals surface area contributed by atoms with E-state index in [9.17, 15) is 9.59 Å². The summed E-state index contributed by atoms with van der Waals surface area (Å²) >= 11 is 3.40. The largest absolute Gasteiger partial charge is 0.440 e. The van der Waals surface area contributed by atoms with Crippen molar-refractivity contribution in [2.45, 2.75) is 37.6 Å². The maximum Gasteiger partial charge on any atom is 0.254 e. The van der Waals surface area contributed by atoms with E-state index in [1.165, 1.54) is 0 Å². The molecule has 2 aliphatic heterocycles. The van der Waals surface area contributed by atoms with E-state index in [4.69, 9.17) is 4.42 Å². The number of carbonyl (C=O) groups is 2. The highest BCUT2D eigenvalue weighted by atomic mass is 79.9. The molecular weight excluding hydrogens is 458 g/mol. The number of hydrogen-bond acceptors (Lipinski definition) is 4. The van der Waals surface area contributed by atoms with Crippen molar-refractivity contribution in [2.75, 3.05) is 19.6 Å². The number of nitrogens with zero attached hydrogens (tertiary/aromatic N) is 3. The third-order valence-corrected chi connectivity index (χ3v) is 6.81. The lowest BCUT2D eigenvalue weighted by Gasteiger charge is -2.35. The Bertz CT molecular complexity index is 1080. The van der Waals surface area contributed by atoms with E-state index in [-0.39, 0.29) is 17.7 Å². The Labute approximate surface area is 189 Å². The second kappa shape index (κ2) is 8.46. The van der Waals surface area contributed by atoms with Crippen LogP contribution in [-0.2, 0) is 4.79 Å². The molecule has 3 heterocycles. The Morgan fingerprint density at radius 1 is 1.00 bits per heavy atom. The fourth-order valence-electron chi connectivity index (χ4n) is 4.68. The highest BCUT2D eigenvalue weighted by molar-refractivity contribution is 9.10. The number of rotatable bonds is 3. The molecule has 0 N–H and O–H groups in total. The van der Waals surface area contributed by atoms with E-state index in [1.54, 1.807) is 17.0 Å². The molecule has 31 heavy (non-hydrogen) atoms. The minimum absolute atomic E-state index is 0.0452. The molecular formula is C24H24BrN3O3. The monoisotopic (exact) mass is 481 g/mol. The third kappa shape index (κ3) is 3.99. The zero-order valence-electron chi connectivity index (χ0n) is 17.2. The normalized spacial score (nSPS) is 21.6. The average Bonchev–Trinajstić information content (AvgIpc) is 3.46. The molecule has 0 aliphatic carbocycles. The molecule has 5 rings (SSSR count). The zero-order valence-corrected chi connectivity index (χ0v) is 18.8. The molecule has 6 nitrogen and oxygen atoms in total. The van der Waals surface area contributed by atoms with Gasteiger partial charge in [0.25, 0.3) is 5.91 Å². The van der Waals surface area contributed by atoms with Crippen molar-refractivity contribution in [3.8, 4) is 0 Å². The van der Waals surface area contributed by atoms with Gasteiger partial charge in [-0.25, -0.2) is 4.98 Å². The van der Waals surface area contributed by atoms with Crippen LogP contribution >= 0.6 is 15.9 Å². The molecule has 160 valence electrons. The molecule has 7 heteroatoms. The summed E-state index contributed by atoms with van der Waals surface area (Å²) < 4.78 is 6.90. The van der Waals surface area contributed by atoms with Gasteiger partial charge in [0, 0.05) is 29.7 Å². The second-order valence-corrected chi connectivity index (χ2v) is 9.22. The Balaban J connectivity index is 1.31. The van der Waals surface area contributed by atoms with Gasteiger partial charge in [-0.2, -0.15) is 0 Å². The van der Waals surface area contributed by atoms with Gasteiger partial charge in [0.2, 0.25) is 5.91 Å². The number of benzene rings is 2. The summed E-state index contributed by atoms with van der Waals surface area (Å²) in [6.45, 7) is 1.92. The summed E-state index contributed by atoms with van der Waals surface area (Å²) in [6, 6.07) is 14.7. The molecule has 0 saturated carbocycles. The Kier molecular flexibility index (Phi) is 5.52. The number of hydrogen-bond donors (Lipinski definition) is 0. The van der Waals surface area contributed by atoms with E-state index < -0.39 is 6.04 Å². The first-order valence-electron chi connectivity index (χ1n) is 10.8. The number of likely N-dealkylation sites (tertiary alicyclic amines) is 2. The predicted molar refractivity (Wildman–Crippen MR) is 121 cm³/mol. The van der Waals surface area contributed by atoms with Crippen molar-refractivity contribution in [1.82, 2.24) is 14.8 Å². The van der Waals surface area contributed by atoms with Crippen molar-refractivity contribution in [3.05, 3.63) is 64.5 Å². The quantitative estimate of drug-likeness (QED) is 0.548. The van der Waals surface area contributed by atoms with Gasteiger partial charge >= 0.3 is 0 Å². The third-order valence-electron chi connectivity index (χ3n) is 6.28. The zero-order chi connectivity index (χ0) is 21.4. The van der Waals surface area contributed by atoms with E-state index >= 15 is 0 Å². The average molecular weight is 482 g/mol. The first-order chi connectivity index (χ1) is 15.1. The van der Waals surface area contributed by atoms with Gasteiger partial charge < -0.3 is 14.2 Å². The predicted octanol–water partition coefficient (Wildman–Crippen LogP) is 4.60. The number of aromatic nitrogens is 1. The van der Waals surface area contributed by atoms with E-state index in [2.05, 4.69) is 20.9 Å². The number of oxazole rings is 1. The summed E-state index contributed by atoms with van der Waals surface area (Å²) in [5, 5.41) is 0. The van der Waals surface area contributed by atoms with E-state index in [1.807, 2.05) is 41.3 Å².